The van der Waals surface area contributed by atoms with Crippen LogP contribution in [0.3, 0.4) is 0 Å². The fraction of sp³-hybridized carbons (Fsp3) is 0.536. The molecule has 1 N–H and O–H groups in total. The van der Waals surface area contributed by atoms with Crippen molar-refractivity contribution in [3.63, 3.8) is 0 Å². The van der Waals surface area contributed by atoms with E-state index in [1.54, 1.807) is 41.3 Å². The lowest BCUT2D eigenvalue weighted by Gasteiger charge is -2.57. The van der Waals surface area contributed by atoms with Crippen LogP contribution in [0.15, 0.2) is 47.4 Å². The van der Waals surface area contributed by atoms with E-state index in [1.807, 2.05) is 27.7 Å². The molecule has 1 aliphatic carbocycles. The molecule has 5 nitrogen and oxygen atoms in total. The SMILES string of the molecule is C[C@H](C1CC1)N(C(=O)C(C)(C)C)c1ccc(C2(S(C)(=O)(O)c3ccc(Cl)cc3)CCOCC2)cc1F. The third kappa shape index (κ3) is 4.64. The second-order valence-corrected chi connectivity index (χ2v) is 15.8. The molecule has 4 rings (SSSR count). The van der Waals surface area contributed by atoms with Gasteiger partial charge in [0.2, 0.25) is 5.91 Å². The summed E-state index contributed by atoms with van der Waals surface area (Å²) in [5.41, 5.74) is -0.0329. The summed E-state index contributed by atoms with van der Waals surface area (Å²) in [5.74, 6) is -0.365. The quantitative estimate of drug-likeness (QED) is 0.448. The van der Waals surface area contributed by atoms with E-state index in [0.717, 1.165) is 12.8 Å². The molecule has 2 aromatic rings. The van der Waals surface area contributed by atoms with Gasteiger partial charge in [-0.3, -0.25) is 9.35 Å². The first-order valence-electron chi connectivity index (χ1n) is 12.5. The summed E-state index contributed by atoms with van der Waals surface area (Å²) in [5, 5.41) is 0.465. The van der Waals surface area contributed by atoms with Gasteiger partial charge in [-0.25, -0.2) is 8.60 Å². The van der Waals surface area contributed by atoms with E-state index in [-0.39, 0.29) is 48.6 Å². The molecular formula is C28H37ClFNO4S. The molecule has 1 saturated heterocycles. The lowest BCUT2D eigenvalue weighted by Crippen LogP contribution is -2.55. The second kappa shape index (κ2) is 9.19. The van der Waals surface area contributed by atoms with Crippen LogP contribution in [0.4, 0.5) is 10.1 Å². The third-order valence-corrected chi connectivity index (χ3v) is 12.0. The summed E-state index contributed by atoms with van der Waals surface area (Å²) in [4.78, 5) is 15.3. The van der Waals surface area contributed by atoms with Crippen LogP contribution in [0, 0.1) is 17.2 Å². The summed E-state index contributed by atoms with van der Waals surface area (Å²) in [6, 6.07) is 10.9. The van der Waals surface area contributed by atoms with Gasteiger partial charge >= 0.3 is 0 Å². The zero-order chi connectivity index (χ0) is 26.5. The predicted octanol–water partition coefficient (Wildman–Crippen LogP) is 6.64. The molecule has 0 bridgehead atoms. The molecule has 1 amide bonds. The molecule has 0 unspecified atom stereocenters. The molecule has 198 valence electrons. The summed E-state index contributed by atoms with van der Waals surface area (Å²) in [6.07, 6.45) is 3.92. The maximum absolute atomic E-state index is 16.0. The zero-order valence-corrected chi connectivity index (χ0v) is 23.3. The highest BCUT2D eigenvalue weighted by molar-refractivity contribution is 8.15. The Kier molecular flexibility index (Phi) is 6.95. The summed E-state index contributed by atoms with van der Waals surface area (Å²) >= 11 is 6.05. The van der Waals surface area contributed by atoms with E-state index < -0.39 is 25.3 Å². The molecule has 1 atom stereocenters. The Labute approximate surface area is 218 Å². The number of amides is 1. The number of rotatable bonds is 6. The number of anilines is 1. The Morgan fingerprint density at radius 2 is 1.75 bits per heavy atom. The van der Waals surface area contributed by atoms with E-state index in [1.165, 1.54) is 12.3 Å². The maximum Gasteiger partial charge on any atom is 0.232 e. The number of hydrogen-bond donors (Lipinski definition) is 1. The second-order valence-electron chi connectivity index (χ2n) is 11.5. The first-order valence-corrected chi connectivity index (χ1v) is 15.2. The molecule has 1 heterocycles. The van der Waals surface area contributed by atoms with E-state index in [0.29, 0.717) is 16.5 Å². The van der Waals surface area contributed by atoms with Crippen LogP contribution in [-0.2, 0) is 23.6 Å². The Balaban J connectivity index is 1.84. The van der Waals surface area contributed by atoms with Gasteiger partial charge in [-0.2, -0.15) is 9.35 Å². The van der Waals surface area contributed by atoms with Crippen LogP contribution in [0.5, 0.6) is 0 Å². The summed E-state index contributed by atoms with van der Waals surface area (Å²) in [6.45, 7) is 8.04. The topological polar surface area (TPSA) is 66.8 Å². The van der Waals surface area contributed by atoms with Crippen LogP contribution in [0.2, 0.25) is 5.02 Å². The van der Waals surface area contributed by atoms with Crippen LogP contribution in [0.1, 0.15) is 58.9 Å². The van der Waals surface area contributed by atoms with Gasteiger partial charge in [0.25, 0.3) is 0 Å². The van der Waals surface area contributed by atoms with Crippen molar-refractivity contribution in [1.29, 1.82) is 0 Å². The number of ether oxygens (including phenoxy) is 1. The van der Waals surface area contributed by atoms with Gasteiger partial charge in [0.1, 0.15) is 5.82 Å². The molecule has 8 heteroatoms. The van der Waals surface area contributed by atoms with Crippen molar-refractivity contribution in [2.75, 3.05) is 24.4 Å². The molecule has 2 fully saturated rings. The van der Waals surface area contributed by atoms with Crippen LogP contribution < -0.4 is 4.90 Å². The van der Waals surface area contributed by atoms with Gasteiger partial charge < -0.3 is 9.64 Å². The van der Waals surface area contributed by atoms with Crippen molar-refractivity contribution in [2.24, 2.45) is 11.3 Å². The van der Waals surface area contributed by atoms with E-state index in [4.69, 9.17) is 16.3 Å². The number of benzene rings is 2. The first-order chi connectivity index (χ1) is 16.7. The molecule has 2 aliphatic rings. The van der Waals surface area contributed by atoms with Crippen molar-refractivity contribution >= 4 is 32.5 Å². The summed E-state index contributed by atoms with van der Waals surface area (Å²) in [7, 11) is -4.56. The fourth-order valence-electron chi connectivity index (χ4n) is 5.38. The Hall–Kier alpha value is -1.80. The smallest absolute Gasteiger partial charge is 0.232 e. The third-order valence-electron chi connectivity index (χ3n) is 7.89. The van der Waals surface area contributed by atoms with Gasteiger partial charge in [-0.05, 0) is 80.5 Å². The van der Waals surface area contributed by atoms with Gasteiger partial charge in [-0.1, -0.05) is 38.4 Å². The Bertz CT molecular complexity index is 1210. The van der Waals surface area contributed by atoms with Crippen LogP contribution in [0.25, 0.3) is 0 Å². The number of carbonyl (C=O) groups excluding carboxylic acids is 1. The molecule has 0 radical (unpaired) electrons. The fourth-order valence-corrected chi connectivity index (χ4v) is 8.54. The number of carbonyl (C=O) groups is 1. The molecule has 0 spiro atoms. The van der Waals surface area contributed by atoms with Gasteiger partial charge in [0, 0.05) is 35.9 Å². The Morgan fingerprint density at radius 3 is 2.25 bits per heavy atom. The van der Waals surface area contributed by atoms with Crippen molar-refractivity contribution in [3.8, 4) is 0 Å². The minimum Gasteiger partial charge on any atom is -0.381 e. The predicted molar refractivity (Wildman–Crippen MR) is 144 cm³/mol. The number of hydrogen-bond acceptors (Lipinski definition) is 3. The lowest BCUT2D eigenvalue weighted by atomic mass is 9.89. The molecule has 1 saturated carbocycles. The lowest BCUT2D eigenvalue weighted by molar-refractivity contribution is -0.126. The summed E-state index contributed by atoms with van der Waals surface area (Å²) < 4.78 is 46.9. The van der Waals surface area contributed by atoms with Crippen LogP contribution in [-0.4, -0.2) is 40.2 Å². The van der Waals surface area contributed by atoms with Crippen molar-refractivity contribution in [3.05, 3.63) is 58.9 Å². The van der Waals surface area contributed by atoms with E-state index >= 15 is 4.39 Å². The average Bonchev–Trinajstić information content (AvgIpc) is 3.65. The number of nitrogens with zero attached hydrogens (tertiary/aromatic N) is 1. The molecule has 2 aromatic carbocycles. The van der Waals surface area contributed by atoms with Gasteiger partial charge in [0.05, 0.1) is 15.3 Å². The highest BCUT2D eigenvalue weighted by atomic mass is 35.5. The van der Waals surface area contributed by atoms with Gasteiger partial charge in [-0.15, -0.1) is 0 Å². The molecule has 0 aromatic heterocycles. The largest absolute Gasteiger partial charge is 0.381 e. The molecule has 36 heavy (non-hydrogen) atoms. The average molecular weight is 538 g/mol. The molecule has 1 aliphatic heterocycles. The van der Waals surface area contributed by atoms with Crippen molar-refractivity contribution in [1.82, 2.24) is 0 Å². The van der Waals surface area contributed by atoms with E-state index in [2.05, 4.69) is 0 Å². The minimum atomic E-state index is -4.56. The molecular weight excluding hydrogens is 501 g/mol. The van der Waals surface area contributed by atoms with Crippen LogP contribution >= 0.6 is 11.6 Å². The standard InChI is InChI=1S/C28H37ClFNO4S/c1-19(20-6-7-20)31(26(32)27(2,3)4)25-13-8-21(18-24(25)30)28(14-16-35-17-15-28)36(5,33,34)23-11-9-22(29)10-12-23/h8-13,18-20H,6-7,14-17H2,1-5H3,(H,33,34)/t19-/m1/s1. The highest BCUT2D eigenvalue weighted by Crippen LogP contribution is 2.55. The minimum absolute atomic E-state index is 0.135. The van der Waals surface area contributed by atoms with Crippen molar-refractivity contribution < 1.29 is 22.7 Å². The normalized spacial score (nSPS) is 20.3. The maximum atomic E-state index is 16.0. The van der Waals surface area contributed by atoms with Crippen molar-refractivity contribution in [2.45, 2.75) is 69.1 Å². The van der Waals surface area contributed by atoms with Gasteiger partial charge in [0.15, 0.2) is 0 Å². The first kappa shape index (κ1) is 27.2. The highest BCUT2D eigenvalue weighted by Gasteiger charge is 2.52. The monoisotopic (exact) mass is 537 g/mol. The van der Waals surface area contributed by atoms with E-state index in [9.17, 15) is 13.6 Å². The Morgan fingerprint density at radius 1 is 1.17 bits per heavy atom. The zero-order valence-electron chi connectivity index (χ0n) is 21.7. The number of halogens is 2.